The molecule has 5 atom stereocenters. The van der Waals surface area contributed by atoms with Gasteiger partial charge in [0.05, 0.1) is 29.0 Å². The lowest BCUT2D eigenvalue weighted by Gasteiger charge is -2.46. The van der Waals surface area contributed by atoms with Crippen molar-refractivity contribution in [3.63, 3.8) is 0 Å². The number of nitrogens with zero attached hydrogens (tertiary/aromatic N) is 4. The number of halogens is 1. The van der Waals surface area contributed by atoms with Crippen molar-refractivity contribution in [1.29, 1.82) is 5.26 Å². The molecule has 182 valence electrons. The summed E-state index contributed by atoms with van der Waals surface area (Å²) in [7, 11) is 0. The van der Waals surface area contributed by atoms with Crippen LogP contribution in [0.4, 0.5) is 4.39 Å². The number of nitriles is 1. The molecule has 2 saturated heterocycles. The molecule has 2 unspecified atom stereocenters. The van der Waals surface area contributed by atoms with Crippen molar-refractivity contribution in [2.24, 2.45) is 16.6 Å². The molecule has 5 aliphatic rings. The maximum absolute atomic E-state index is 14.9. The van der Waals surface area contributed by atoms with Crippen LogP contribution in [0.15, 0.2) is 41.5 Å². The zero-order valence-electron chi connectivity index (χ0n) is 19.5. The molecule has 9 heteroatoms. The van der Waals surface area contributed by atoms with E-state index in [-0.39, 0.29) is 29.7 Å². The number of benzene rings is 1. The first-order valence-electron chi connectivity index (χ1n) is 12.3. The molecule has 2 N–H and O–H groups in total. The molecule has 7 nitrogen and oxygen atoms in total. The summed E-state index contributed by atoms with van der Waals surface area (Å²) in [5, 5.41) is 9.39. The van der Waals surface area contributed by atoms with Crippen LogP contribution in [-0.2, 0) is 21.5 Å². The number of hydrogen-bond acceptors (Lipinski definition) is 7. The number of thioether (sulfide) groups is 1. The number of fused-ring (bicyclic) bond motifs is 6. The van der Waals surface area contributed by atoms with Gasteiger partial charge >= 0.3 is 0 Å². The summed E-state index contributed by atoms with van der Waals surface area (Å²) in [5.74, 6) is -0.239. The van der Waals surface area contributed by atoms with E-state index in [1.54, 1.807) is 6.07 Å². The van der Waals surface area contributed by atoms with Crippen molar-refractivity contribution in [3.05, 3.63) is 64.5 Å². The van der Waals surface area contributed by atoms with Crippen molar-refractivity contribution in [2.75, 3.05) is 13.1 Å². The first kappa shape index (κ1) is 22.0. The Kier molecular flexibility index (Phi) is 4.67. The third kappa shape index (κ3) is 3.17. The van der Waals surface area contributed by atoms with Gasteiger partial charge in [-0.05, 0) is 60.2 Å². The highest BCUT2D eigenvalue weighted by Crippen LogP contribution is 2.70. The quantitative estimate of drug-likeness (QED) is 0.692. The number of hydrogen-bond donors (Lipinski definition) is 1. The molecule has 7 rings (SSSR count). The molecule has 3 aliphatic heterocycles. The maximum Gasteiger partial charge on any atom is 0.239 e. The number of amides is 1. The van der Waals surface area contributed by atoms with Crippen LogP contribution in [0.1, 0.15) is 47.2 Å². The average molecular weight is 502 g/mol. The smallest absolute Gasteiger partial charge is 0.239 e. The molecule has 1 saturated carbocycles. The fourth-order valence-electron chi connectivity index (χ4n) is 6.48. The van der Waals surface area contributed by atoms with Crippen LogP contribution in [-0.4, -0.2) is 51.0 Å². The molecule has 36 heavy (non-hydrogen) atoms. The SMILES string of the molecule is N#Cc1ccc(/C(F)=C/c2ccc3c(c2)[C@@]2(C3)N=C(N)S[C@@]3(C(=O)N4CC5CCC(C4)O5)C[C@H]32)nc1. The fraction of sp³-hybridized carbons (Fsp3) is 0.407. The van der Waals surface area contributed by atoms with Gasteiger partial charge in [-0.2, -0.15) is 5.26 Å². The van der Waals surface area contributed by atoms with Gasteiger partial charge in [0.15, 0.2) is 5.17 Å². The van der Waals surface area contributed by atoms with E-state index in [4.69, 9.17) is 20.7 Å². The minimum atomic E-state index is -0.566. The number of morpholine rings is 1. The molecular formula is C27H24FN5O2S. The fourth-order valence-corrected chi connectivity index (χ4v) is 7.86. The third-order valence-corrected chi connectivity index (χ3v) is 9.56. The Hall–Kier alpha value is -3.22. The number of aromatic nitrogens is 1. The lowest BCUT2D eigenvalue weighted by Crippen LogP contribution is -2.54. The maximum atomic E-state index is 14.9. The van der Waals surface area contributed by atoms with Crippen molar-refractivity contribution in [3.8, 4) is 6.07 Å². The Morgan fingerprint density at radius 1 is 1.28 bits per heavy atom. The Balaban J connectivity index is 1.18. The standard InChI is InChI=1S/C27H24FN5O2S/c28-21(22-6-2-16(11-29)12-31-22)8-15-1-3-17-9-26(20(17)7-15)23-10-27(23,36-25(30)32-26)24(34)33-13-18-4-5-19(14-33)35-18/h1-3,6-8,12,18-19,23H,4-5,9-10,13-14H2,(H2,30,32)/b21-8-/t18?,19?,23-,26+,27-/m0/s1. The zero-order chi connectivity index (χ0) is 24.7. The second-order valence-electron chi connectivity index (χ2n) is 10.4. The Morgan fingerprint density at radius 2 is 2.08 bits per heavy atom. The van der Waals surface area contributed by atoms with Crippen LogP contribution in [0.25, 0.3) is 11.9 Å². The van der Waals surface area contributed by atoms with Crippen LogP contribution in [0.2, 0.25) is 0 Å². The number of amidine groups is 1. The van der Waals surface area contributed by atoms with E-state index in [0.717, 1.165) is 36.8 Å². The minimum absolute atomic E-state index is 0.0760. The molecule has 1 aromatic heterocycles. The van der Waals surface area contributed by atoms with E-state index in [0.29, 0.717) is 29.4 Å². The number of carbonyl (C=O) groups excluding carboxylic acids is 1. The van der Waals surface area contributed by atoms with Gasteiger partial charge in [-0.15, -0.1) is 0 Å². The lowest BCUT2D eigenvalue weighted by atomic mass is 9.66. The predicted octanol–water partition coefficient (Wildman–Crippen LogP) is 3.38. The van der Waals surface area contributed by atoms with Crippen LogP contribution < -0.4 is 5.73 Å². The van der Waals surface area contributed by atoms with E-state index < -0.39 is 16.1 Å². The van der Waals surface area contributed by atoms with E-state index in [2.05, 4.69) is 4.98 Å². The van der Waals surface area contributed by atoms with Crippen molar-refractivity contribution < 1.29 is 13.9 Å². The summed E-state index contributed by atoms with van der Waals surface area (Å²) in [6.45, 7) is 1.31. The molecule has 3 fully saturated rings. The third-order valence-electron chi connectivity index (χ3n) is 8.27. The number of aliphatic imine (C=N–C) groups is 1. The van der Waals surface area contributed by atoms with Gasteiger partial charge < -0.3 is 15.4 Å². The number of pyridine rings is 1. The number of likely N-dealkylation sites (tertiary alicyclic amines) is 1. The summed E-state index contributed by atoms with van der Waals surface area (Å²) in [6.07, 6.45) is 6.62. The summed E-state index contributed by atoms with van der Waals surface area (Å²) in [6, 6.07) is 10.9. The van der Waals surface area contributed by atoms with Crippen LogP contribution in [0.5, 0.6) is 0 Å². The van der Waals surface area contributed by atoms with Crippen LogP contribution in [0.3, 0.4) is 0 Å². The van der Waals surface area contributed by atoms with Crippen LogP contribution in [0, 0.1) is 17.2 Å². The van der Waals surface area contributed by atoms with Crippen molar-refractivity contribution >= 4 is 34.7 Å². The molecule has 4 heterocycles. The van der Waals surface area contributed by atoms with Gasteiger partial charge in [0.2, 0.25) is 5.91 Å². The predicted molar refractivity (Wildman–Crippen MR) is 134 cm³/mol. The number of nitrogens with two attached hydrogens (primary N) is 1. The van der Waals surface area contributed by atoms with Gasteiger partial charge in [0.25, 0.3) is 0 Å². The summed E-state index contributed by atoms with van der Waals surface area (Å²) < 4.78 is 20.3. The van der Waals surface area contributed by atoms with E-state index in [1.165, 1.54) is 30.1 Å². The molecule has 0 radical (unpaired) electrons. The Bertz CT molecular complexity index is 1390. The normalized spacial score (nSPS) is 33.8. The Morgan fingerprint density at radius 3 is 2.81 bits per heavy atom. The highest BCUT2D eigenvalue weighted by molar-refractivity contribution is 8.15. The minimum Gasteiger partial charge on any atom is -0.378 e. The van der Waals surface area contributed by atoms with E-state index in [1.807, 2.05) is 29.2 Å². The Labute approximate surface area is 212 Å². The van der Waals surface area contributed by atoms with Gasteiger partial charge in [-0.1, -0.05) is 23.9 Å². The highest BCUT2D eigenvalue weighted by atomic mass is 32.2. The zero-order valence-corrected chi connectivity index (χ0v) is 20.3. The largest absolute Gasteiger partial charge is 0.378 e. The van der Waals surface area contributed by atoms with Gasteiger partial charge in [0, 0.05) is 31.6 Å². The highest BCUT2D eigenvalue weighted by Gasteiger charge is 2.74. The van der Waals surface area contributed by atoms with Gasteiger partial charge in [-0.3, -0.25) is 14.8 Å². The van der Waals surface area contributed by atoms with Crippen molar-refractivity contribution in [1.82, 2.24) is 9.88 Å². The topological polar surface area (TPSA) is 105 Å². The summed E-state index contributed by atoms with van der Waals surface area (Å²) in [4.78, 5) is 24.7. The number of rotatable bonds is 3. The molecule has 1 spiro atoms. The first-order chi connectivity index (χ1) is 17.4. The summed E-state index contributed by atoms with van der Waals surface area (Å²) >= 11 is 1.42. The van der Waals surface area contributed by atoms with Crippen molar-refractivity contribution in [2.45, 2.75) is 48.2 Å². The number of carbonyl (C=O) groups is 1. The molecule has 1 aromatic carbocycles. The van der Waals surface area contributed by atoms with E-state index >= 15 is 0 Å². The second kappa shape index (κ2) is 7.64. The van der Waals surface area contributed by atoms with Crippen LogP contribution >= 0.6 is 11.8 Å². The average Bonchev–Trinajstić information content (AvgIpc) is 3.53. The monoisotopic (exact) mass is 501 g/mol. The van der Waals surface area contributed by atoms with Gasteiger partial charge in [-0.25, -0.2) is 4.39 Å². The summed E-state index contributed by atoms with van der Waals surface area (Å²) in [5.41, 5.74) is 9.26. The lowest BCUT2D eigenvalue weighted by molar-refractivity contribution is -0.140. The van der Waals surface area contributed by atoms with E-state index in [9.17, 15) is 9.18 Å². The molecular weight excluding hydrogens is 477 g/mol. The molecule has 2 aliphatic carbocycles. The van der Waals surface area contributed by atoms with Gasteiger partial charge in [0.1, 0.15) is 16.6 Å². The number of ether oxygens (including phenoxy) is 1. The molecule has 2 bridgehead atoms. The first-order valence-corrected chi connectivity index (χ1v) is 13.1. The second-order valence-corrected chi connectivity index (χ2v) is 11.8. The molecule has 1 amide bonds. The molecule has 2 aromatic rings.